The van der Waals surface area contributed by atoms with Crippen molar-refractivity contribution in [1.29, 1.82) is 0 Å². The largest absolute Gasteiger partial charge is 0.326 e. The number of amides is 1. The third kappa shape index (κ3) is 7.94. The number of hydrogen-bond donors (Lipinski definition) is 2. The van der Waals surface area contributed by atoms with Crippen LogP contribution in [0.15, 0.2) is 29.0 Å². The molecule has 0 fully saturated rings. The molecule has 90 valence electrons. The maximum atomic E-state index is 11.5. The van der Waals surface area contributed by atoms with E-state index in [4.69, 9.17) is 0 Å². The minimum Gasteiger partial charge on any atom is -0.326 e. The van der Waals surface area contributed by atoms with E-state index in [1.807, 2.05) is 26.8 Å². The van der Waals surface area contributed by atoms with Crippen LogP contribution in [0.4, 0.5) is 0 Å². The fraction of sp³-hybridized carbons (Fsp3) is 0.500. The van der Waals surface area contributed by atoms with Crippen LogP contribution in [0.2, 0.25) is 0 Å². The first-order chi connectivity index (χ1) is 7.60. The van der Waals surface area contributed by atoms with Crippen LogP contribution in [0.5, 0.6) is 0 Å². The second-order valence-electron chi connectivity index (χ2n) is 3.65. The number of allylic oxidation sites excluding steroid dienone is 2. The summed E-state index contributed by atoms with van der Waals surface area (Å²) in [5.74, 6) is -0.00466. The number of aliphatic imine (C=N–C) groups is 1. The van der Waals surface area contributed by atoms with Crippen molar-refractivity contribution < 1.29 is 4.79 Å². The minimum atomic E-state index is -0.00466. The molecule has 16 heavy (non-hydrogen) atoms. The van der Waals surface area contributed by atoms with E-state index in [0.717, 1.165) is 5.70 Å². The van der Waals surface area contributed by atoms with Crippen LogP contribution in [0, 0.1) is 0 Å². The molecule has 2 N–H and O–H groups in total. The van der Waals surface area contributed by atoms with E-state index in [-0.39, 0.29) is 5.91 Å². The van der Waals surface area contributed by atoms with Gasteiger partial charge in [0.05, 0.1) is 0 Å². The van der Waals surface area contributed by atoms with Crippen LogP contribution < -0.4 is 10.6 Å². The van der Waals surface area contributed by atoms with E-state index in [0.29, 0.717) is 19.0 Å². The van der Waals surface area contributed by atoms with Gasteiger partial charge in [0, 0.05) is 30.9 Å². The lowest BCUT2D eigenvalue weighted by molar-refractivity contribution is -0.120. The van der Waals surface area contributed by atoms with Gasteiger partial charge < -0.3 is 10.6 Å². The average Bonchev–Trinajstić information content (AvgIpc) is 2.23. The summed E-state index contributed by atoms with van der Waals surface area (Å²) in [4.78, 5) is 15.1. The zero-order valence-electron chi connectivity index (χ0n) is 10.3. The Morgan fingerprint density at radius 1 is 1.50 bits per heavy atom. The van der Waals surface area contributed by atoms with Crippen molar-refractivity contribution in [2.45, 2.75) is 33.2 Å². The second kappa shape index (κ2) is 8.85. The summed E-state index contributed by atoms with van der Waals surface area (Å²) >= 11 is 0. The molecular weight excluding hydrogens is 202 g/mol. The zero-order valence-corrected chi connectivity index (χ0v) is 10.3. The van der Waals surface area contributed by atoms with Gasteiger partial charge >= 0.3 is 0 Å². The van der Waals surface area contributed by atoms with Crippen molar-refractivity contribution in [3.63, 3.8) is 0 Å². The molecule has 4 heteroatoms. The van der Waals surface area contributed by atoms with Crippen LogP contribution >= 0.6 is 0 Å². The molecule has 0 atom stereocenters. The van der Waals surface area contributed by atoms with Crippen molar-refractivity contribution in [1.82, 2.24) is 10.6 Å². The van der Waals surface area contributed by atoms with Gasteiger partial charge in [0.1, 0.15) is 0 Å². The Morgan fingerprint density at radius 2 is 2.19 bits per heavy atom. The molecule has 0 bridgehead atoms. The first kappa shape index (κ1) is 14.6. The van der Waals surface area contributed by atoms with Gasteiger partial charge in [-0.2, -0.15) is 0 Å². The summed E-state index contributed by atoms with van der Waals surface area (Å²) in [6, 6.07) is 0.402. The molecular formula is C12H21N3O. The summed E-state index contributed by atoms with van der Waals surface area (Å²) in [6.07, 6.45) is 5.53. The van der Waals surface area contributed by atoms with E-state index >= 15 is 0 Å². The first-order valence-electron chi connectivity index (χ1n) is 5.42. The summed E-state index contributed by atoms with van der Waals surface area (Å²) < 4.78 is 0. The Bertz CT molecular complexity index is 280. The average molecular weight is 223 g/mol. The Balaban J connectivity index is 3.93. The van der Waals surface area contributed by atoms with Gasteiger partial charge in [0.25, 0.3) is 0 Å². The van der Waals surface area contributed by atoms with E-state index in [1.54, 1.807) is 12.3 Å². The highest BCUT2D eigenvalue weighted by Crippen LogP contribution is 1.93. The van der Waals surface area contributed by atoms with Gasteiger partial charge in [-0.1, -0.05) is 19.9 Å². The maximum absolute atomic E-state index is 11.5. The molecule has 0 rings (SSSR count). The molecule has 0 aromatic rings. The molecule has 0 saturated heterocycles. The summed E-state index contributed by atoms with van der Waals surface area (Å²) in [5, 5.41) is 5.97. The number of rotatable bonds is 7. The fourth-order valence-corrected chi connectivity index (χ4v) is 1.04. The number of hydrogen-bond acceptors (Lipinski definition) is 3. The van der Waals surface area contributed by atoms with Crippen LogP contribution in [-0.4, -0.2) is 25.2 Å². The Morgan fingerprint density at radius 3 is 2.69 bits per heavy atom. The van der Waals surface area contributed by atoms with E-state index in [1.165, 1.54) is 0 Å². The van der Waals surface area contributed by atoms with Gasteiger partial charge in [-0.25, -0.2) is 0 Å². The number of nitrogens with one attached hydrogen (secondary N) is 2. The molecule has 4 nitrogen and oxygen atoms in total. The van der Waals surface area contributed by atoms with Gasteiger partial charge in [-0.15, -0.1) is 0 Å². The molecule has 0 aliphatic rings. The lowest BCUT2D eigenvalue weighted by Gasteiger charge is -2.08. The highest BCUT2D eigenvalue weighted by Gasteiger charge is 2.02. The standard InChI is InChI=1S/C12H21N3O/c1-5-11(6-8-13-4)15-12(16)7-9-14-10(2)3/h5-6,8,10,14H,4,7,9H2,1-3H3,(H,15,16)/b8-6-,11-5+. The third-order valence-corrected chi connectivity index (χ3v) is 1.86. The van der Waals surface area contributed by atoms with Gasteiger partial charge in [-0.3, -0.25) is 9.79 Å². The Hall–Kier alpha value is -1.42. The fourth-order valence-electron chi connectivity index (χ4n) is 1.04. The van der Waals surface area contributed by atoms with Gasteiger partial charge in [0.15, 0.2) is 0 Å². The second-order valence-corrected chi connectivity index (χ2v) is 3.65. The van der Waals surface area contributed by atoms with Crippen LogP contribution in [0.1, 0.15) is 27.2 Å². The molecule has 0 unspecified atom stereocenters. The monoisotopic (exact) mass is 223 g/mol. The van der Waals surface area contributed by atoms with E-state index < -0.39 is 0 Å². The minimum absolute atomic E-state index is 0.00466. The van der Waals surface area contributed by atoms with E-state index in [2.05, 4.69) is 22.3 Å². The molecule has 0 heterocycles. The predicted octanol–water partition coefficient (Wildman–Crippen LogP) is 1.61. The lowest BCUT2D eigenvalue weighted by atomic mass is 10.3. The van der Waals surface area contributed by atoms with E-state index in [9.17, 15) is 4.79 Å². The number of nitrogens with zero attached hydrogens (tertiary/aromatic N) is 1. The highest BCUT2D eigenvalue weighted by molar-refractivity contribution is 5.78. The number of carbonyl (C=O) groups excluding carboxylic acids is 1. The first-order valence-corrected chi connectivity index (χ1v) is 5.42. The molecule has 0 aliphatic carbocycles. The van der Waals surface area contributed by atoms with Crippen molar-refractivity contribution >= 4 is 12.6 Å². The normalized spacial score (nSPS) is 12.1. The molecule has 0 spiro atoms. The quantitative estimate of drug-likeness (QED) is 0.509. The van der Waals surface area contributed by atoms with Crippen LogP contribution in [0.25, 0.3) is 0 Å². The smallest absolute Gasteiger partial charge is 0.225 e. The zero-order chi connectivity index (χ0) is 12.4. The van der Waals surface area contributed by atoms with Crippen LogP contribution in [-0.2, 0) is 4.79 Å². The summed E-state index contributed by atoms with van der Waals surface area (Å²) in [5.41, 5.74) is 0.738. The highest BCUT2D eigenvalue weighted by atomic mass is 16.1. The molecule has 0 radical (unpaired) electrons. The van der Waals surface area contributed by atoms with Crippen LogP contribution in [0.3, 0.4) is 0 Å². The Labute approximate surface area is 97.5 Å². The summed E-state index contributed by atoms with van der Waals surface area (Å²) in [7, 11) is 0. The van der Waals surface area contributed by atoms with Crippen molar-refractivity contribution in [3.05, 3.63) is 24.0 Å². The SMILES string of the molecule is C=N/C=C\C(=C/C)NC(=O)CCNC(C)C. The lowest BCUT2D eigenvalue weighted by Crippen LogP contribution is -2.29. The maximum Gasteiger partial charge on any atom is 0.225 e. The number of carbonyl (C=O) groups is 1. The Kier molecular flexibility index (Phi) is 8.07. The topological polar surface area (TPSA) is 53.5 Å². The molecule has 0 aliphatic heterocycles. The molecule has 0 aromatic carbocycles. The molecule has 0 saturated carbocycles. The van der Waals surface area contributed by atoms with Crippen molar-refractivity contribution in [2.24, 2.45) is 4.99 Å². The molecule has 0 aromatic heterocycles. The van der Waals surface area contributed by atoms with Gasteiger partial charge in [-0.05, 0) is 19.7 Å². The molecule has 1 amide bonds. The van der Waals surface area contributed by atoms with Crippen molar-refractivity contribution in [2.75, 3.05) is 6.54 Å². The summed E-state index contributed by atoms with van der Waals surface area (Å²) in [6.45, 7) is 9.97. The van der Waals surface area contributed by atoms with Gasteiger partial charge in [0.2, 0.25) is 5.91 Å². The predicted molar refractivity (Wildman–Crippen MR) is 68.3 cm³/mol. The van der Waals surface area contributed by atoms with Crippen molar-refractivity contribution in [3.8, 4) is 0 Å². The third-order valence-electron chi connectivity index (χ3n) is 1.86.